The molecule has 0 aromatic heterocycles. The third-order valence-electron chi connectivity index (χ3n) is 5.21. The van der Waals surface area contributed by atoms with Crippen LogP contribution in [0.25, 0.3) is 0 Å². The van der Waals surface area contributed by atoms with Crippen molar-refractivity contribution in [1.29, 1.82) is 0 Å². The molecule has 0 bridgehead atoms. The highest BCUT2D eigenvalue weighted by molar-refractivity contribution is 6.21. The number of benzene rings is 3. The Labute approximate surface area is 174 Å². The number of para-hydroxylation sites is 1. The molecule has 3 amide bonds. The van der Waals surface area contributed by atoms with Gasteiger partial charge in [-0.05, 0) is 29.8 Å². The Balaban J connectivity index is 1.70. The van der Waals surface area contributed by atoms with Crippen LogP contribution in [0.4, 0.5) is 0 Å². The van der Waals surface area contributed by atoms with Gasteiger partial charge in [0.1, 0.15) is 5.75 Å². The highest BCUT2D eigenvalue weighted by Crippen LogP contribution is 2.30. The van der Waals surface area contributed by atoms with Gasteiger partial charge >= 0.3 is 0 Å². The van der Waals surface area contributed by atoms with E-state index in [9.17, 15) is 14.4 Å². The second kappa shape index (κ2) is 7.83. The number of nitrogens with one attached hydrogen (secondary N) is 1. The van der Waals surface area contributed by atoms with Crippen molar-refractivity contribution in [2.24, 2.45) is 0 Å². The predicted molar refractivity (Wildman–Crippen MR) is 112 cm³/mol. The van der Waals surface area contributed by atoms with Crippen LogP contribution < -0.4 is 10.1 Å². The quantitative estimate of drug-likeness (QED) is 0.666. The highest BCUT2D eigenvalue weighted by atomic mass is 16.5. The number of carbonyl (C=O) groups is 3. The first-order chi connectivity index (χ1) is 14.5. The van der Waals surface area contributed by atoms with Crippen LogP contribution in [0.2, 0.25) is 0 Å². The molecule has 1 N–H and O–H groups in total. The summed E-state index contributed by atoms with van der Waals surface area (Å²) in [5.41, 5.74) is 2.56. The number of nitrogens with zero attached hydrogens (tertiary/aromatic N) is 1. The smallest absolute Gasteiger partial charge is 0.261 e. The van der Waals surface area contributed by atoms with Crippen LogP contribution in [0.3, 0.4) is 0 Å². The molecule has 1 atom stereocenters. The van der Waals surface area contributed by atoms with E-state index in [0.717, 1.165) is 16.0 Å². The Morgan fingerprint density at radius 3 is 2.30 bits per heavy atom. The lowest BCUT2D eigenvalue weighted by molar-refractivity contribution is 0.0693. The van der Waals surface area contributed by atoms with Crippen molar-refractivity contribution >= 4 is 17.7 Å². The fourth-order valence-corrected chi connectivity index (χ4v) is 3.61. The summed E-state index contributed by atoms with van der Waals surface area (Å²) in [5.74, 6) is -0.470. The molecule has 4 rings (SSSR count). The number of amides is 3. The minimum Gasteiger partial charge on any atom is -0.496 e. The first-order valence-corrected chi connectivity index (χ1v) is 9.46. The maximum absolute atomic E-state index is 13.1. The zero-order chi connectivity index (χ0) is 21.3. The minimum atomic E-state index is -0.455. The van der Waals surface area contributed by atoms with E-state index >= 15 is 0 Å². The molecule has 1 heterocycles. The molecule has 6 nitrogen and oxygen atoms in total. The van der Waals surface area contributed by atoms with Gasteiger partial charge in [-0.1, -0.05) is 48.5 Å². The first-order valence-electron chi connectivity index (χ1n) is 9.46. The average Bonchev–Trinajstić information content (AvgIpc) is 3.01. The molecule has 6 heteroatoms. The van der Waals surface area contributed by atoms with Gasteiger partial charge in [0.2, 0.25) is 0 Å². The third kappa shape index (κ3) is 3.33. The van der Waals surface area contributed by atoms with Gasteiger partial charge in [-0.25, -0.2) is 0 Å². The summed E-state index contributed by atoms with van der Waals surface area (Å²) in [5, 5.41) is 3.04. The molecule has 150 valence electrons. The van der Waals surface area contributed by atoms with Gasteiger partial charge in [0.15, 0.2) is 0 Å². The number of fused-ring (bicyclic) bond motifs is 1. The van der Waals surface area contributed by atoms with Gasteiger partial charge in [0.25, 0.3) is 17.7 Å². The Bertz CT molecular complexity index is 1140. The molecule has 1 aliphatic heterocycles. The molecule has 0 unspecified atom stereocenters. The summed E-state index contributed by atoms with van der Waals surface area (Å²) in [6.07, 6.45) is 0. The van der Waals surface area contributed by atoms with Crippen molar-refractivity contribution in [2.45, 2.75) is 6.04 Å². The SMILES string of the molecule is COc1ccccc1[C@H](NC(=O)c1ccc2c(c1)C(=O)N(C)C2=O)c1ccccc1. The topological polar surface area (TPSA) is 75.7 Å². The zero-order valence-electron chi connectivity index (χ0n) is 16.6. The summed E-state index contributed by atoms with van der Waals surface area (Å²) < 4.78 is 5.49. The predicted octanol–water partition coefficient (Wildman–Crippen LogP) is 3.44. The minimum absolute atomic E-state index is 0.240. The number of hydrogen-bond donors (Lipinski definition) is 1. The summed E-state index contributed by atoms with van der Waals surface area (Å²) in [6, 6.07) is 21.2. The summed E-state index contributed by atoms with van der Waals surface area (Å²) in [7, 11) is 3.01. The van der Waals surface area contributed by atoms with Crippen molar-refractivity contribution in [2.75, 3.05) is 14.2 Å². The molecule has 3 aromatic carbocycles. The lowest BCUT2D eigenvalue weighted by atomic mass is 9.97. The van der Waals surface area contributed by atoms with Crippen molar-refractivity contribution in [3.63, 3.8) is 0 Å². The Hall–Kier alpha value is -3.93. The number of carbonyl (C=O) groups excluding carboxylic acids is 3. The van der Waals surface area contributed by atoms with Crippen molar-refractivity contribution in [1.82, 2.24) is 10.2 Å². The van der Waals surface area contributed by atoms with Crippen LogP contribution in [0.1, 0.15) is 48.2 Å². The molecule has 30 heavy (non-hydrogen) atoms. The van der Waals surface area contributed by atoms with E-state index in [0.29, 0.717) is 16.9 Å². The van der Waals surface area contributed by atoms with E-state index in [1.807, 2.05) is 54.6 Å². The Morgan fingerprint density at radius 1 is 0.900 bits per heavy atom. The van der Waals surface area contributed by atoms with Crippen molar-refractivity contribution in [3.8, 4) is 5.75 Å². The molecule has 0 saturated heterocycles. The standard InChI is InChI=1S/C24H20N2O4/c1-26-23(28)17-13-12-16(14-19(17)24(26)29)22(27)25-21(15-8-4-3-5-9-15)18-10-6-7-11-20(18)30-2/h3-14,21H,1-2H3,(H,25,27)/t21-/m1/s1. The van der Waals surface area contributed by atoms with Crippen molar-refractivity contribution < 1.29 is 19.1 Å². The molecule has 3 aromatic rings. The lowest BCUT2D eigenvalue weighted by Crippen LogP contribution is -2.29. The number of ether oxygens (including phenoxy) is 1. The molecule has 0 fully saturated rings. The zero-order valence-corrected chi connectivity index (χ0v) is 16.6. The fourth-order valence-electron chi connectivity index (χ4n) is 3.61. The second-order valence-electron chi connectivity index (χ2n) is 6.99. The molecule has 0 radical (unpaired) electrons. The fraction of sp³-hybridized carbons (Fsp3) is 0.125. The van der Waals surface area contributed by atoms with Crippen LogP contribution in [0.5, 0.6) is 5.75 Å². The largest absolute Gasteiger partial charge is 0.496 e. The van der Waals surface area contributed by atoms with Gasteiger partial charge in [0, 0.05) is 18.2 Å². The van der Waals surface area contributed by atoms with Gasteiger partial charge < -0.3 is 10.1 Å². The molecule has 1 aliphatic rings. The first kappa shape index (κ1) is 19.4. The van der Waals surface area contributed by atoms with Gasteiger partial charge in [-0.3, -0.25) is 19.3 Å². The van der Waals surface area contributed by atoms with Crippen LogP contribution in [-0.4, -0.2) is 36.8 Å². The Morgan fingerprint density at radius 2 is 1.57 bits per heavy atom. The average molecular weight is 400 g/mol. The maximum Gasteiger partial charge on any atom is 0.261 e. The van der Waals surface area contributed by atoms with E-state index < -0.39 is 11.9 Å². The Kier molecular flexibility index (Phi) is 5.06. The molecule has 0 saturated carbocycles. The van der Waals surface area contributed by atoms with Crippen molar-refractivity contribution in [3.05, 3.63) is 101 Å². The number of rotatable bonds is 5. The van der Waals surface area contributed by atoms with Crippen LogP contribution in [0, 0.1) is 0 Å². The summed E-state index contributed by atoms with van der Waals surface area (Å²) in [6.45, 7) is 0. The van der Waals surface area contributed by atoms with Crippen LogP contribution >= 0.6 is 0 Å². The van der Waals surface area contributed by atoms with E-state index in [1.165, 1.54) is 19.2 Å². The van der Waals surface area contributed by atoms with E-state index in [2.05, 4.69) is 5.32 Å². The van der Waals surface area contributed by atoms with E-state index in [-0.39, 0.29) is 17.4 Å². The lowest BCUT2D eigenvalue weighted by Gasteiger charge is -2.22. The van der Waals surface area contributed by atoms with E-state index in [1.54, 1.807) is 13.2 Å². The second-order valence-corrected chi connectivity index (χ2v) is 6.99. The van der Waals surface area contributed by atoms with Crippen LogP contribution in [-0.2, 0) is 0 Å². The molecular formula is C24H20N2O4. The normalized spacial score (nSPS) is 13.7. The molecule has 0 spiro atoms. The third-order valence-corrected chi connectivity index (χ3v) is 5.21. The summed E-state index contributed by atoms with van der Waals surface area (Å²) >= 11 is 0. The molecule has 0 aliphatic carbocycles. The maximum atomic E-state index is 13.1. The summed E-state index contributed by atoms with van der Waals surface area (Å²) in [4.78, 5) is 38.5. The number of hydrogen-bond acceptors (Lipinski definition) is 4. The molecular weight excluding hydrogens is 380 g/mol. The monoisotopic (exact) mass is 400 g/mol. The number of imide groups is 1. The van der Waals surface area contributed by atoms with Crippen LogP contribution in [0.15, 0.2) is 72.8 Å². The number of methoxy groups -OCH3 is 1. The van der Waals surface area contributed by atoms with Gasteiger partial charge in [0.05, 0.1) is 24.3 Å². The highest BCUT2D eigenvalue weighted by Gasteiger charge is 2.33. The van der Waals surface area contributed by atoms with Gasteiger partial charge in [-0.2, -0.15) is 0 Å². The van der Waals surface area contributed by atoms with E-state index in [4.69, 9.17) is 4.74 Å². The van der Waals surface area contributed by atoms with Gasteiger partial charge in [-0.15, -0.1) is 0 Å².